The number of fused-ring (bicyclic) bond motifs is 2. The van der Waals surface area contributed by atoms with Gasteiger partial charge in [0.15, 0.2) is 11.5 Å². The highest BCUT2D eigenvalue weighted by Crippen LogP contribution is 2.42. The van der Waals surface area contributed by atoms with Gasteiger partial charge in [-0.25, -0.2) is 0 Å². The van der Waals surface area contributed by atoms with E-state index in [0.29, 0.717) is 65.4 Å². The molecule has 0 spiro atoms. The van der Waals surface area contributed by atoms with Crippen LogP contribution in [0, 0.1) is 0 Å². The summed E-state index contributed by atoms with van der Waals surface area (Å²) in [4.78, 5) is 14.3. The third kappa shape index (κ3) is 11.3. The van der Waals surface area contributed by atoms with Crippen molar-refractivity contribution in [2.45, 2.75) is 79.1 Å². The zero-order chi connectivity index (χ0) is 33.8. The number of methoxy groups -OCH3 is 1. The van der Waals surface area contributed by atoms with Crippen LogP contribution < -0.4 is 19.6 Å². The zero-order valence-electron chi connectivity index (χ0n) is 27.2. The number of halogens is 4. The fraction of sp³-hybridized carbons (Fsp3) is 0.500. The van der Waals surface area contributed by atoms with Gasteiger partial charge in [0, 0.05) is 101 Å². The number of hydrogen-bond donors (Lipinski definition) is 1. The number of allylic oxidation sites excluding steroid dienone is 4. The van der Waals surface area contributed by atoms with Crippen LogP contribution in [0.25, 0.3) is 21.9 Å². The summed E-state index contributed by atoms with van der Waals surface area (Å²) in [6.45, 7) is 10.7. The highest BCUT2D eigenvalue weighted by Gasteiger charge is 2.24. The molecule has 0 bridgehead atoms. The molecule has 2 aromatic carbocycles. The van der Waals surface area contributed by atoms with E-state index in [1.165, 1.54) is 0 Å². The first-order valence-electron chi connectivity index (χ1n) is 15.5. The second-order valence-corrected chi connectivity index (χ2v) is 16.9. The normalized spacial score (nSPS) is 11.5. The van der Waals surface area contributed by atoms with Gasteiger partial charge in [0.2, 0.25) is 5.43 Å². The molecule has 0 saturated heterocycles. The molecule has 1 N–H and O–H groups in total. The summed E-state index contributed by atoms with van der Waals surface area (Å²) in [5, 5.41) is 12.1. The van der Waals surface area contributed by atoms with Gasteiger partial charge < -0.3 is 23.7 Å². The first-order valence-corrected chi connectivity index (χ1v) is 18.3. The largest absolute Gasteiger partial charge is 0.507 e. The van der Waals surface area contributed by atoms with Crippen molar-refractivity contribution in [1.29, 1.82) is 0 Å². The van der Waals surface area contributed by atoms with Gasteiger partial charge in [0.1, 0.15) is 28.1 Å². The number of hydrogen-bond acceptors (Lipinski definition) is 8. The van der Waals surface area contributed by atoms with Crippen LogP contribution in [0.2, 0.25) is 0 Å². The second kappa shape index (κ2) is 19.4. The Morgan fingerprint density at radius 2 is 1.26 bits per heavy atom. The lowest BCUT2D eigenvalue weighted by molar-refractivity contribution is 0.284. The minimum atomic E-state index is -0.316. The molecule has 254 valence electrons. The lowest BCUT2D eigenvalue weighted by Crippen LogP contribution is -2.10. The quantitative estimate of drug-likeness (QED) is 0.0551. The highest BCUT2D eigenvalue weighted by molar-refractivity contribution is 9.21. The number of phenols is 1. The summed E-state index contributed by atoms with van der Waals surface area (Å²) >= 11 is 13.4. The minimum absolute atomic E-state index is 0.118. The Kier molecular flexibility index (Phi) is 16.4. The molecule has 0 atom stereocenters. The Bertz CT molecular complexity index is 1580. The fourth-order valence-electron chi connectivity index (χ4n) is 5.05. The van der Waals surface area contributed by atoms with Gasteiger partial charge in [-0.2, -0.15) is 5.90 Å². The summed E-state index contributed by atoms with van der Waals surface area (Å²) in [7, 11) is 1.58. The molecule has 12 heteroatoms. The van der Waals surface area contributed by atoms with Gasteiger partial charge in [-0.05, 0) is 79.1 Å². The van der Waals surface area contributed by atoms with Crippen LogP contribution in [0.3, 0.4) is 0 Å². The van der Waals surface area contributed by atoms with Crippen molar-refractivity contribution in [3.8, 4) is 23.0 Å². The van der Waals surface area contributed by atoms with Crippen LogP contribution in [0.4, 0.5) is 0 Å². The van der Waals surface area contributed by atoms with E-state index in [-0.39, 0.29) is 22.1 Å². The molecule has 0 fully saturated rings. The van der Waals surface area contributed by atoms with Crippen molar-refractivity contribution in [3.63, 3.8) is 0 Å². The maximum absolute atomic E-state index is 14.3. The van der Waals surface area contributed by atoms with Crippen LogP contribution in [-0.2, 0) is 12.8 Å². The van der Waals surface area contributed by atoms with E-state index < -0.39 is 0 Å². The standard InChI is InChI=1S/C34H44Br4N2O6/c1-22(2)12-14-24-26(44-18-10-6-8-16-39(35)36)20-28-31(32(24)41)33(42)30-25(15-13-23(3)4)34(43-5)29(21-27(30)46-28)45-19-11-7-9-17-40(37)38/h12-13,20-21,41H,6-11,14-19H2,1-5H3. The van der Waals surface area contributed by atoms with Gasteiger partial charge in [0.05, 0.1) is 25.7 Å². The van der Waals surface area contributed by atoms with Crippen LogP contribution in [0.1, 0.15) is 77.3 Å². The molecule has 3 rings (SSSR count). The summed E-state index contributed by atoms with van der Waals surface area (Å²) in [5.41, 5.74) is 3.74. The smallest absolute Gasteiger partial charge is 0.204 e. The Labute approximate surface area is 306 Å². The van der Waals surface area contributed by atoms with E-state index in [9.17, 15) is 9.90 Å². The molecule has 0 unspecified atom stereocenters. The number of benzene rings is 2. The predicted molar refractivity (Wildman–Crippen MR) is 202 cm³/mol. The topological polar surface area (TPSA) is 84.6 Å². The molecule has 0 aliphatic heterocycles. The molecular formula is C34H44Br4N2O6. The average Bonchev–Trinajstić information content (AvgIpc) is 2.98. The molecule has 1 heterocycles. The van der Waals surface area contributed by atoms with E-state index >= 15 is 0 Å². The van der Waals surface area contributed by atoms with Gasteiger partial charge in [-0.15, -0.1) is 0 Å². The van der Waals surface area contributed by atoms with Gasteiger partial charge in [0.25, 0.3) is 0 Å². The fourth-order valence-corrected chi connectivity index (χ4v) is 6.06. The van der Waals surface area contributed by atoms with Crippen LogP contribution in [0.15, 0.2) is 44.6 Å². The van der Waals surface area contributed by atoms with Crippen molar-refractivity contribution in [3.05, 3.63) is 56.8 Å². The monoisotopic (exact) mass is 892 g/mol. The van der Waals surface area contributed by atoms with Crippen LogP contribution in [-0.4, -0.2) is 44.4 Å². The third-order valence-corrected chi connectivity index (χ3v) is 8.82. The molecule has 0 amide bonds. The average molecular weight is 896 g/mol. The van der Waals surface area contributed by atoms with Gasteiger partial charge >= 0.3 is 0 Å². The first-order chi connectivity index (χ1) is 21.9. The number of unbranched alkanes of at least 4 members (excludes halogenated alkanes) is 4. The summed E-state index contributed by atoms with van der Waals surface area (Å²) in [6, 6.07) is 3.46. The van der Waals surface area contributed by atoms with Crippen LogP contribution in [0.5, 0.6) is 23.0 Å². The summed E-state index contributed by atoms with van der Waals surface area (Å²) in [5.74, 6) is 1.40. The van der Waals surface area contributed by atoms with Crippen molar-refractivity contribution in [1.82, 2.24) is 5.90 Å². The Morgan fingerprint density at radius 3 is 1.78 bits per heavy atom. The third-order valence-electron chi connectivity index (χ3n) is 7.40. The number of ether oxygens (including phenoxy) is 3. The van der Waals surface area contributed by atoms with Crippen molar-refractivity contribution in [2.75, 3.05) is 33.4 Å². The number of rotatable bonds is 19. The van der Waals surface area contributed by atoms with E-state index in [1.807, 2.05) is 39.8 Å². The molecule has 0 saturated carbocycles. The molecule has 8 nitrogen and oxygen atoms in total. The molecule has 0 aliphatic rings. The van der Waals surface area contributed by atoms with Gasteiger partial charge in [-0.1, -0.05) is 23.3 Å². The number of aromatic hydroxyl groups is 1. The molecule has 1 aromatic heterocycles. The molecule has 46 heavy (non-hydrogen) atoms. The van der Waals surface area contributed by atoms with Crippen LogP contribution >= 0.6 is 64.6 Å². The van der Waals surface area contributed by atoms with Crippen molar-refractivity contribution >= 4 is 86.5 Å². The van der Waals surface area contributed by atoms with Crippen molar-refractivity contribution in [2.24, 2.45) is 0 Å². The molecule has 3 aromatic rings. The van der Waals surface area contributed by atoms with Crippen molar-refractivity contribution < 1.29 is 23.7 Å². The lowest BCUT2D eigenvalue weighted by Gasteiger charge is -2.18. The molecule has 0 aliphatic carbocycles. The Morgan fingerprint density at radius 1 is 0.761 bits per heavy atom. The van der Waals surface area contributed by atoms with Gasteiger partial charge in [-0.3, -0.25) is 4.79 Å². The Hall–Kier alpha value is -1.57. The summed E-state index contributed by atoms with van der Waals surface area (Å²) in [6.07, 6.45) is 10.6. The highest BCUT2D eigenvalue weighted by atomic mass is 79.9. The molecule has 0 radical (unpaired) electrons. The molecular weight excluding hydrogens is 852 g/mol. The first kappa shape index (κ1) is 38.9. The summed E-state index contributed by atoms with van der Waals surface area (Å²) < 4.78 is 28.3. The van der Waals surface area contributed by atoms with E-state index in [2.05, 4.69) is 64.6 Å². The number of phenolic OH excluding ortho intramolecular Hbond substituents is 1. The van der Waals surface area contributed by atoms with E-state index in [1.54, 1.807) is 25.1 Å². The predicted octanol–water partition coefficient (Wildman–Crippen LogP) is 10.6. The minimum Gasteiger partial charge on any atom is -0.507 e. The Balaban J connectivity index is 2.12. The number of nitrogens with zero attached hydrogens (tertiary/aromatic N) is 2. The zero-order valence-corrected chi connectivity index (χ0v) is 33.5. The van der Waals surface area contributed by atoms with E-state index in [4.69, 9.17) is 18.6 Å². The van der Waals surface area contributed by atoms with E-state index in [0.717, 1.165) is 62.8 Å². The maximum Gasteiger partial charge on any atom is 0.204 e. The second-order valence-electron chi connectivity index (χ2n) is 11.6. The maximum atomic E-state index is 14.3. The SMILES string of the molecule is COc1c(OCCCCCN(Br)Br)cc2oc3cc(OCCCCCN(Br)Br)c(CC=C(C)C)c(O)c3c(=O)c2c1CC=C(C)C. The lowest BCUT2D eigenvalue weighted by atomic mass is 9.98.